The first kappa shape index (κ1) is 18.7. The van der Waals surface area contributed by atoms with E-state index < -0.39 is 0 Å². The molecule has 0 aromatic heterocycles. The summed E-state index contributed by atoms with van der Waals surface area (Å²) in [6, 6.07) is 14.7. The van der Waals surface area contributed by atoms with Gasteiger partial charge >= 0.3 is 0 Å². The Labute approximate surface area is 156 Å². The molecule has 5 nitrogen and oxygen atoms in total. The van der Waals surface area contributed by atoms with E-state index in [1.54, 1.807) is 37.7 Å². The number of hydrogen-bond donors (Lipinski definition) is 2. The zero-order valence-corrected chi connectivity index (χ0v) is 15.0. The summed E-state index contributed by atoms with van der Waals surface area (Å²) >= 11 is 11.7. The molecule has 0 amide bonds. The van der Waals surface area contributed by atoms with Crippen molar-refractivity contribution < 1.29 is 0 Å². The molecule has 0 aliphatic carbocycles. The van der Waals surface area contributed by atoms with E-state index in [-0.39, 0.29) is 5.96 Å². The summed E-state index contributed by atoms with van der Waals surface area (Å²) in [6.45, 7) is 0. The summed E-state index contributed by atoms with van der Waals surface area (Å²) in [7, 11) is 1.65. The van der Waals surface area contributed by atoms with Gasteiger partial charge in [0, 0.05) is 23.3 Å². The Morgan fingerprint density at radius 2 is 1.56 bits per heavy atom. The van der Waals surface area contributed by atoms with Crippen LogP contribution in [0.25, 0.3) is 6.08 Å². The Bertz CT molecular complexity index is 780. The van der Waals surface area contributed by atoms with Crippen molar-refractivity contribution >= 4 is 47.7 Å². The van der Waals surface area contributed by atoms with Gasteiger partial charge in [-0.1, -0.05) is 53.5 Å². The number of benzene rings is 2. The number of hydrogen-bond acceptors (Lipinski definition) is 3. The molecule has 0 fully saturated rings. The zero-order chi connectivity index (χ0) is 18.1. The van der Waals surface area contributed by atoms with Crippen molar-refractivity contribution in [2.45, 2.75) is 0 Å². The predicted molar refractivity (Wildman–Crippen MR) is 107 cm³/mol. The molecule has 2 rings (SSSR count). The summed E-state index contributed by atoms with van der Waals surface area (Å²) in [4.78, 5) is 0. The molecule has 0 unspecified atom stereocenters. The number of nitrogens with zero attached hydrogens (tertiary/aromatic N) is 3. The van der Waals surface area contributed by atoms with E-state index in [0.717, 1.165) is 11.1 Å². The van der Waals surface area contributed by atoms with Gasteiger partial charge in [0.05, 0.1) is 6.21 Å². The second kappa shape index (κ2) is 9.61. The maximum atomic E-state index is 7.85. The third-order valence-corrected chi connectivity index (χ3v) is 3.57. The first-order valence-corrected chi connectivity index (χ1v) is 8.13. The van der Waals surface area contributed by atoms with Crippen LogP contribution in [0.15, 0.2) is 64.8 Å². The van der Waals surface area contributed by atoms with Crippen LogP contribution in [0, 0.1) is 5.41 Å². The normalized spacial score (nSPS) is 11.5. The summed E-state index contributed by atoms with van der Waals surface area (Å²) in [6.07, 6.45) is 6.84. The first-order valence-electron chi connectivity index (χ1n) is 7.38. The molecular formula is C18H17Cl2N5. The number of rotatable bonds is 5. The number of halogens is 2. The second-order valence-corrected chi connectivity index (χ2v) is 5.84. The van der Waals surface area contributed by atoms with E-state index in [4.69, 9.17) is 28.6 Å². The molecule has 2 aromatic carbocycles. The fourth-order valence-electron chi connectivity index (χ4n) is 1.70. The molecule has 2 aromatic rings. The molecule has 0 saturated heterocycles. The van der Waals surface area contributed by atoms with Gasteiger partial charge in [-0.3, -0.25) is 5.41 Å². The van der Waals surface area contributed by atoms with Crippen LogP contribution in [-0.4, -0.2) is 30.4 Å². The Morgan fingerprint density at radius 3 is 2.16 bits per heavy atom. The molecule has 0 bridgehead atoms. The monoisotopic (exact) mass is 373 g/mol. The van der Waals surface area contributed by atoms with Gasteiger partial charge in [-0.05, 0) is 41.5 Å². The highest BCUT2D eigenvalue weighted by Crippen LogP contribution is 2.10. The molecule has 0 atom stereocenters. The number of nitrogens with one attached hydrogen (secondary N) is 2. The van der Waals surface area contributed by atoms with Crippen LogP contribution in [0.4, 0.5) is 0 Å². The topological polar surface area (TPSA) is 63.8 Å². The third-order valence-electron chi connectivity index (χ3n) is 3.06. The average molecular weight is 374 g/mol. The fourth-order valence-corrected chi connectivity index (χ4v) is 1.95. The lowest BCUT2D eigenvalue weighted by atomic mass is 10.2. The SMILES string of the molecule is CN(N=Cc1ccc(Cl)cc1)C(=N)NN=CC=Cc1ccc(Cl)cc1. The fraction of sp³-hybridized carbons (Fsp3) is 0.0556. The van der Waals surface area contributed by atoms with Gasteiger partial charge in [-0.15, -0.1) is 0 Å². The molecule has 25 heavy (non-hydrogen) atoms. The number of hydrazone groups is 2. The van der Waals surface area contributed by atoms with E-state index in [0.29, 0.717) is 10.0 Å². The molecule has 0 aliphatic rings. The van der Waals surface area contributed by atoms with Crippen LogP contribution < -0.4 is 5.43 Å². The molecular weight excluding hydrogens is 357 g/mol. The first-order chi connectivity index (χ1) is 12.0. The van der Waals surface area contributed by atoms with E-state index >= 15 is 0 Å². The number of guanidine groups is 1. The van der Waals surface area contributed by atoms with Crippen molar-refractivity contribution in [2.75, 3.05) is 7.05 Å². The summed E-state index contributed by atoms with van der Waals surface area (Å²) < 4.78 is 0. The van der Waals surface area contributed by atoms with Crippen molar-refractivity contribution in [1.29, 1.82) is 5.41 Å². The van der Waals surface area contributed by atoms with Crippen molar-refractivity contribution in [2.24, 2.45) is 10.2 Å². The Hall–Kier alpha value is -2.63. The van der Waals surface area contributed by atoms with Gasteiger partial charge in [0.1, 0.15) is 0 Å². The second-order valence-electron chi connectivity index (χ2n) is 4.97. The predicted octanol–water partition coefficient (Wildman–Crippen LogP) is 4.48. The van der Waals surface area contributed by atoms with Crippen LogP contribution in [0.2, 0.25) is 10.0 Å². The molecule has 0 radical (unpaired) electrons. The lowest BCUT2D eigenvalue weighted by Crippen LogP contribution is -2.31. The van der Waals surface area contributed by atoms with Gasteiger partial charge in [0.2, 0.25) is 5.96 Å². The smallest absolute Gasteiger partial charge is 0.232 e. The maximum Gasteiger partial charge on any atom is 0.232 e. The minimum absolute atomic E-state index is 0.0429. The standard InChI is InChI=1S/C18H17Cl2N5/c1-25(23-13-15-6-10-17(20)11-7-15)18(21)24-22-12-2-3-14-4-8-16(19)9-5-14/h2-13H,1H3,(H2,21,24). The third kappa shape index (κ3) is 6.79. The molecule has 0 aliphatic heterocycles. The van der Waals surface area contributed by atoms with Crippen molar-refractivity contribution in [1.82, 2.24) is 10.4 Å². The lowest BCUT2D eigenvalue weighted by molar-refractivity contribution is 0.518. The van der Waals surface area contributed by atoms with E-state index in [2.05, 4.69) is 15.6 Å². The average Bonchev–Trinajstić information content (AvgIpc) is 2.62. The Kier molecular flexibility index (Phi) is 7.19. The van der Waals surface area contributed by atoms with Crippen LogP contribution in [0.5, 0.6) is 0 Å². The van der Waals surface area contributed by atoms with E-state index in [9.17, 15) is 0 Å². The van der Waals surface area contributed by atoms with E-state index in [1.165, 1.54) is 5.01 Å². The minimum atomic E-state index is 0.0429. The summed E-state index contributed by atoms with van der Waals surface area (Å²) in [5, 5.41) is 18.7. The molecule has 0 heterocycles. The van der Waals surface area contributed by atoms with Crippen LogP contribution in [-0.2, 0) is 0 Å². The van der Waals surface area contributed by atoms with Crippen molar-refractivity contribution in [3.63, 3.8) is 0 Å². The highest BCUT2D eigenvalue weighted by molar-refractivity contribution is 6.30. The van der Waals surface area contributed by atoms with Crippen LogP contribution >= 0.6 is 23.2 Å². The molecule has 7 heteroatoms. The lowest BCUT2D eigenvalue weighted by Gasteiger charge is -2.12. The van der Waals surface area contributed by atoms with Crippen LogP contribution in [0.1, 0.15) is 11.1 Å². The Morgan fingerprint density at radius 1 is 1.00 bits per heavy atom. The van der Waals surface area contributed by atoms with Crippen molar-refractivity contribution in [3.05, 3.63) is 75.8 Å². The van der Waals surface area contributed by atoms with Gasteiger partial charge in [-0.25, -0.2) is 10.4 Å². The number of allylic oxidation sites excluding steroid dienone is 1. The van der Waals surface area contributed by atoms with Gasteiger partial charge in [-0.2, -0.15) is 10.2 Å². The van der Waals surface area contributed by atoms with Gasteiger partial charge in [0.15, 0.2) is 0 Å². The highest BCUT2D eigenvalue weighted by atomic mass is 35.5. The van der Waals surface area contributed by atoms with E-state index in [1.807, 2.05) is 42.5 Å². The highest BCUT2D eigenvalue weighted by Gasteiger charge is 1.99. The largest absolute Gasteiger partial charge is 0.266 e. The van der Waals surface area contributed by atoms with Gasteiger partial charge in [0.25, 0.3) is 0 Å². The van der Waals surface area contributed by atoms with Crippen LogP contribution in [0.3, 0.4) is 0 Å². The summed E-state index contributed by atoms with van der Waals surface area (Å²) in [5.74, 6) is 0.0429. The minimum Gasteiger partial charge on any atom is -0.266 e. The zero-order valence-electron chi connectivity index (χ0n) is 13.5. The van der Waals surface area contributed by atoms with Gasteiger partial charge < -0.3 is 0 Å². The molecule has 0 saturated carbocycles. The summed E-state index contributed by atoms with van der Waals surface area (Å²) in [5.41, 5.74) is 4.49. The quantitative estimate of drug-likeness (QED) is 0.460. The molecule has 2 N–H and O–H groups in total. The van der Waals surface area contributed by atoms with Crippen molar-refractivity contribution in [3.8, 4) is 0 Å². The maximum absolute atomic E-state index is 7.85. The molecule has 128 valence electrons. The Balaban J connectivity index is 1.80. The molecule has 0 spiro atoms.